The molecule has 1 fully saturated rings. The van der Waals surface area contributed by atoms with Crippen LogP contribution in [0.4, 0.5) is 0 Å². The molecule has 1 aromatic carbocycles. The molecule has 0 amide bonds. The molecule has 1 atom stereocenters. The van der Waals surface area contributed by atoms with Gasteiger partial charge in [-0.1, -0.05) is 55.9 Å². The first-order valence-corrected chi connectivity index (χ1v) is 10.3. The molecule has 1 aliphatic heterocycles. The smallest absolute Gasteiger partial charge is 0.343 e. The van der Waals surface area contributed by atoms with E-state index < -0.39 is 0 Å². The maximum Gasteiger partial charge on any atom is 0.343 e. The summed E-state index contributed by atoms with van der Waals surface area (Å²) in [6.45, 7) is 8.96. The van der Waals surface area contributed by atoms with Crippen LogP contribution < -0.4 is 5.69 Å². The summed E-state index contributed by atoms with van der Waals surface area (Å²) in [5, 5.41) is 7.53. The van der Waals surface area contributed by atoms with Gasteiger partial charge in [-0.15, -0.1) is 5.10 Å². The van der Waals surface area contributed by atoms with Gasteiger partial charge in [0.15, 0.2) is 5.16 Å². The maximum atomic E-state index is 12.1. The monoisotopic (exact) mass is 376 g/mol. The maximum absolute atomic E-state index is 12.1. The largest absolute Gasteiger partial charge is 0.375 e. The van der Waals surface area contributed by atoms with Crippen LogP contribution in [0.1, 0.15) is 19.4 Å². The zero-order valence-corrected chi connectivity index (χ0v) is 16.4. The van der Waals surface area contributed by atoms with Crippen molar-refractivity contribution in [2.75, 3.05) is 32.0 Å². The van der Waals surface area contributed by atoms with Crippen molar-refractivity contribution in [3.05, 3.63) is 46.4 Å². The fourth-order valence-electron chi connectivity index (χ4n) is 3.23. The standard InChI is InChI=1S/C19H28N4O2S/c1-15(2)12-22-10-11-25-17(13-22)14-26-19-21-20-18(24)23(19)9-8-16-6-4-3-5-7-16/h3-7,15,17H,8-14H2,1-2H3,(H,20,24)/t17-/m1/s1. The van der Waals surface area contributed by atoms with E-state index in [2.05, 4.69) is 41.1 Å². The highest BCUT2D eigenvalue weighted by molar-refractivity contribution is 7.99. The predicted octanol–water partition coefficient (Wildman–Crippen LogP) is 2.26. The highest BCUT2D eigenvalue weighted by Crippen LogP contribution is 2.19. The number of hydrogen-bond acceptors (Lipinski definition) is 5. The van der Waals surface area contributed by atoms with Gasteiger partial charge in [0, 0.05) is 31.9 Å². The minimum Gasteiger partial charge on any atom is -0.375 e. The number of rotatable bonds is 8. The Morgan fingerprint density at radius 3 is 2.92 bits per heavy atom. The van der Waals surface area contributed by atoms with Gasteiger partial charge in [0.2, 0.25) is 0 Å². The fourth-order valence-corrected chi connectivity index (χ4v) is 4.20. The molecule has 1 N–H and O–H groups in total. The van der Waals surface area contributed by atoms with E-state index in [1.807, 2.05) is 18.2 Å². The van der Waals surface area contributed by atoms with Gasteiger partial charge in [0.1, 0.15) is 0 Å². The molecule has 0 unspecified atom stereocenters. The van der Waals surface area contributed by atoms with E-state index in [0.717, 1.165) is 43.6 Å². The van der Waals surface area contributed by atoms with Crippen LogP contribution in [0, 0.1) is 5.92 Å². The number of nitrogens with zero attached hydrogens (tertiary/aromatic N) is 3. The van der Waals surface area contributed by atoms with Crippen molar-refractivity contribution in [3.63, 3.8) is 0 Å². The summed E-state index contributed by atoms with van der Waals surface area (Å²) >= 11 is 1.60. The lowest BCUT2D eigenvalue weighted by atomic mass is 10.1. The van der Waals surface area contributed by atoms with Gasteiger partial charge in [-0.05, 0) is 17.9 Å². The van der Waals surface area contributed by atoms with Gasteiger partial charge in [-0.2, -0.15) is 0 Å². The number of H-pyrrole nitrogens is 1. The highest BCUT2D eigenvalue weighted by Gasteiger charge is 2.22. The lowest BCUT2D eigenvalue weighted by Crippen LogP contribution is -2.44. The van der Waals surface area contributed by atoms with Crippen LogP contribution in [0.2, 0.25) is 0 Å². The summed E-state index contributed by atoms with van der Waals surface area (Å²) in [6, 6.07) is 10.2. The summed E-state index contributed by atoms with van der Waals surface area (Å²) in [5.74, 6) is 1.47. The van der Waals surface area contributed by atoms with E-state index in [4.69, 9.17) is 4.74 Å². The number of nitrogens with one attached hydrogen (secondary N) is 1. The number of aromatic nitrogens is 3. The molecule has 0 spiro atoms. The third-order valence-electron chi connectivity index (χ3n) is 4.43. The Labute approximate surface area is 158 Å². The number of aryl methyl sites for hydroxylation is 1. The van der Waals surface area contributed by atoms with Crippen molar-refractivity contribution in [1.29, 1.82) is 0 Å². The number of aromatic amines is 1. The average Bonchev–Trinajstić information content (AvgIpc) is 2.98. The SMILES string of the molecule is CC(C)CN1CCO[C@@H](CSc2n[nH]c(=O)n2CCc2ccccc2)C1. The van der Waals surface area contributed by atoms with Crippen LogP contribution in [0.3, 0.4) is 0 Å². The van der Waals surface area contributed by atoms with Gasteiger partial charge in [0.05, 0.1) is 12.7 Å². The second kappa shape index (κ2) is 9.39. The molecule has 2 heterocycles. The van der Waals surface area contributed by atoms with Gasteiger partial charge >= 0.3 is 5.69 Å². The van der Waals surface area contributed by atoms with E-state index in [1.165, 1.54) is 5.56 Å². The third kappa shape index (κ3) is 5.46. The van der Waals surface area contributed by atoms with Gasteiger partial charge in [-0.25, -0.2) is 9.89 Å². The molecule has 1 aliphatic rings. The number of thioether (sulfide) groups is 1. The quantitative estimate of drug-likeness (QED) is 0.716. The van der Waals surface area contributed by atoms with Gasteiger partial charge < -0.3 is 4.74 Å². The van der Waals surface area contributed by atoms with Crippen molar-refractivity contribution in [2.24, 2.45) is 5.92 Å². The van der Waals surface area contributed by atoms with Crippen molar-refractivity contribution >= 4 is 11.8 Å². The molecular formula is C19H28N4O2S. The van der Waals surface area contributed by atoms with E-state index in [-0.39, 0.29) is 11.8 Å². The number of ether oxygens (including phenoxy) is 1. The summed E-state index contributed by atoms with van der Waals surface area (Å²) in [6.07, 6.45) is 0.998. The zero-order chi connectivity index (χ0) is 18.4. The second-order valence-electron chi connectivity index (χ2n) is 7.16. The topological polar surface area (TPSA) is 63.1 Å². The molecular weight excluding hydrogens is 348 g/mol. The van der Waals surface area contributed by atoms with Crippen LogP contribution in [0.5, 0.6) is 0 Å². The number of hydrogen-bond donors (Lipinski definition) is 1. The summed E-state index contributed by atoms with van der Waals surface area (Å²) in [5.41, 5.74) is 1.07. The van der Waals surface area contributed by atoms with E-state index in [0.29, 0.717) is 12.5 Å². The van der Waals surface area contributed by atoms with E-state index in [1.54, 1.807) is 16.3 Å². The van der Waals surface area contributed by atoms with Gasteiger partial charge in [-0.3, -0.25) is 9.47 Å². The Balaban J connectivity index is 1.54. The molecule has 1 aromatic heterocycles. The van der Waals surface area contributed by atoms with Gasteiger partial charge in [0.25, 0.3) is 0 Å². The molecule has 0 aliphatic carbocycles. The molecule has 0 bridgehead atoms. The van der Waals surface area contributed by atoms with Crippen molar-refractivity contribution in [1.82, 2.24) is 19.7 Å². The molecule has 6 nitrogen and oxygen atoms in total. The van der Waals surface area contributed by atoms with Crippen molar-refractivity contribution in [3.8, 4) is 0 Å². The number of benzene rings is 1. The molecule has 26 heavy (non-hydrogen) atoms. The minimum absolute atomic E-state index is 0.144. The molecule has 2 aromatic rings. The molecule has 0 radical (unpaired) electrons. The summed E-state index contributed by atoms with van der Waals surface area (Å²) in [7, 11) is 0. The Hall–Kier alpha value is -1.57. The molecule has 0 saturated carbocycles. The fraction of sp³-hybridized carbons (Fsp3) is 0.579. The van der Waals surface area contributed by atoms with Crippen molar-refractivity contribution < 1.29 is 4.74 Å². The average molecular weight is 377 g/mol. The molecule has 7 heteroatoms. The van der Waals surface area contributed by atoms with Crippen LogP contribution in [-0.2, 0) is 17.7 Å². The lowest BCUT2D eigenvalue weighted by molar-refractivity contribution is -0.0191. The van der Waals surface area contributed by atoms with Crippen LogP contribution in [0.25, 0.3) is 0 Å². The normalized spacial score (nSPS) is 18.5. The molecule has 142 valence electrons. The summed E-state index contributed by atoms with van der Waals surface area (Å²) < 4.78 is 7.63. The first-order valence-electron chi connectivity index (χ1n) is 9.27. The Bertz CT molecular complexity index is 729. The predicted molar refractivity (Wildman–Crippen MR) is 105 cm³/mol. The summed E-state index contributed by atoms with van der Waals surface area (Å²) in [4.78, 5) is 14.5. The third-order valence-corrected chi connectivity index (χ3v) is 5.54. The zero-order valence-electron chi connectivity index (χ0n) is 15.6. The highest BCUT2D eigenvalue weighted by atomic mass is 32.2. The molecule has 3 rings (SSSR count). The second-order valence-corrected chi connectivity index (χ2v) is 8.14. The minimum atomic E-state index is -0.144. The Morgan fingerprint density at radius 1 is 1.35 bits per heavy atom. The van der Waals surface area contributed by atoms with Crippen LogP contribution in [0.15, 0.2) is 40.3 Å². The van der Waals surface area contributed by atoms with E-state index in [9.17, 15) is 4.79 Å². The molecule has 1 saturated heterocycles. The lowest BCUT2D eigenvalue weighted by Gasteiger charge is -2.33. The first kappa shape index (κ1) is 19.2. The van der Waals surface area contributed by atoms with Crippen LogP contribution >= 0.6 is 11.8 Å². The van der Waals surface area contributed by atoms with Crippen molar-refractivity contribution in [2.45, 2.75) is 38.1 Å². The van der Waals surface area contributed by atoms with Crippen LogP contribution in [-0.4, -0.2) is 57.8 Å². The Morgan fingerprint density at radius 2 is 2.15 bits per heavy atom. The first-order chi connectivity index (χ1) is 12.6. The number of morpholine rings is 1. The van der Waals surface area contributed by atoms with E-state index >= 15 is 0 Å². The Kier molecular flexibility index (Phi) is 6.93.